The number of benzene rings is 1. The van der Waals surface area contributed by atoms with Gasteiger partial charge >= 0.3 is 0 Å². The van der Waals surface area contributed by atoms with E-state index in [4.69, 9.17) is 5.26 Å². The molecule has 0 aliphatic carbocycles. The fourth-order valence-corrected chi connectivity index (χ4v) is 2.92. The highest BCUT2D eigenvalue weighted by Gasteiger charge is 2.23. The van der Waals surface area contributed by atoms with E-state index < -0.39 is 0 Å². The molecule has 2 heterocycles. The van der Waals surface area contributed by atoms with Gasteiger partial charge in [0.25, 0.3) is 0 Å². The van der Waals surface area contributed by atoms with Crippen LogP contribution in [0.3, 0.4) is 0 Å². The van der Waals surface area contributed by atoms with Gasteiger partial charge in [-0.3, -0.25) is 4.90 Å². The number of H-pyrrole nitrogens is 1. The van der Waals surface area contributed by atoms with Crippen LogP contribution < -0.4 is 5.32 Å². The van der Waals surface area contributed by atoms with Crippen molar-refractivity contribution < 1.29 is 0 Å². The summed E-state index contributed by atoms with van der Waals surface area (Å²) < 4.78 is 0. The lowest BCUT2D eigenvalue weighted by Crippen LogP contribution is -2.45. The standard InChI is InChI=1S/C15H18N4/c16-6-4-15(19-10-8-17-9-11-19)13-2-1-3-14-12(13)5-7-18-14/h1-3,5,7,15,17-18H,4,8-11H2/t15-/m0/s1. The molecule has 0 spiro atoms. The van der Waals surface area contributed by atoms with E-state index >= 15 is 0 Å². The van der Waals surface area contributed by atoms with E-state index in [9.17, 15) is 0 Å². The van der Waals surface area contributed by atoms with Crippen LogP contribution in [-0.2, 0) is 0 Å². The molecule has 19 heavy (non-hydrogen) atoms. The van der Waals surface area contributed by atoms with Crippen LogP contribution in [-0.4, -0.2) is 36.1 Å². The summed E-state index contributed by atoms with van der Waals surface area (Å²) in [5.74, 6) is 0. The number of aromatic amines is 1. The lowest BCUT2D eigenvalue weighted by atomic mass is 9.98. The molecule has 2 N–H and O–H groups in total. The van der Waals surface area contributed by atoms with Crippen LogP contribution >= 0.6 is 0 Å². The molecule has 3 rings (SSSR count). The van der Waals surface area contributed by atoms with Crippen LogP contribution in [0.25, 0.3) is 10.9 Å². The van der Waals surface area contributed by atoms with Gasteiger partial charge in [-0.05, 0) is 17.7 Å². The number of hydrogen-bond acceptors (Lipinski definition) is 3. The Labute approximate surface area is 113 Å². The Morgan fingerprint density at radius 3 is 2.89 bits per heavy atom. The second-order valence-corrected chi connectivity index (χ2v) is 4.95. The lowest BCUT2D eigenvalue weighted by molar-refractivity contribution is 0.176. The third-order valence-corrected chi connectivity index (χ3v) is 3.86. The van der Waals surface area contributed by atoms with Crippen molar-refractivity contribution in [2.75, 3.05) is 26.2 Å². The Bertz CT molecular complexity index is 589. The van der Waals surface area contributed by atoms with Crippen molar-refractivity contribution in [3.8, 4) is 6.07 Å². The first-order valence-corrected chi connectivity index (χ1v) is 6.78. The molecule has 4 nitrogen and oxygen atoms in total. The summed E-state index contributed by atoms with van der Waals surface area (Å²) in [6.07, 6.45) is 2.51. The predicted molar refractivity (Wildman–Crippen MR) is 75.7 cm³/mol. The summed E-state index contributed by atoms with van der Waals surface area (Å²) in [5, 5.41) is 13.8. The molecule has 0 bridgehead atoms. The Morgan fingerprint density at radius 1 is 1.26 bits per heavy atom. The maximum absolute atomic E-state index is 9.15. The monoisotopic (exact) mass is 254 g/mol. The summed E-state index contributed by atoms with van der Waals surface area (Å²) in [6, 6.07) is 11.0. The zero-order valence-corrected chi connectivity index (χ0v) is 10.9. The van der Waals surface area contributed by atoms with E-state index in [1.54, 1.807) is 0 Å². The van der Waals surface area contributed by atoms with E-state index in [1.165, 1.54) is 10.9 Å². The van der Waals surface area contributed by atoms with Crippen LogP contribution in [0.4, 0.5) is 0 Å². The van der Waals surface area contributed by atoms with E-state index in [-0.39, 0.29) is 6.04 Å². The summed E-state index contributed by atoms with van der Waals surface area (Å²) >= 11 is 0. The van der Waals surface area contributed by atoms with Crippen LogP contribution in [0.2, 0.25) is 0 Å². The third-order valence-electron chi connectivity index (χ3n) is 3.86. The Kier molecular flexibility index (Phi) is 3.49. The van der Waals surface area contributed by atoms with E-state index in [0.717, 1.165) is 31.7 Å². The smallest absolute Gasteiger partial charge is 0.0641 e. The third kappa shape index (κ3) is 2.35. The molecule has 1 saturated heterocycles. The highest BCUT2D eigenvalue weighted by Crippen LogP contribution is 2.30. The highest BCUT2D eigenvalue weighted by atomic mass is 15.2. The molecule has 1 atom stereocenters. The molecule has 1 aromatic heterocycles. The molecular formula is C15H18N4. The number of nitrogens with one attached hydrogen (secondary N) is 2. The second kappa shape index (κ2) is 5.43. The van der Waals surface area contributed by atoms with Gasteiger partial charge in [-0.15, -0.1) is 0 Å². The predicted octanol–water partition coefficient (Wildman–Crippen LogP) is 2.03. The first kappa shape index (κ1) is 12.2. The molecule has 0 radical (unpaired) electrons. The molecule has 1 aromatic carbocycles. The van der Waals surface area contributed by atoms with Gasteiger partial charge in [-0.1, -0.05) is 12.1 Å². The Hall–Kier alpha value is -1.83. The van der Waals surface area contributed by atoms with Crippen molar-refractivity contribution in [2.45, 2.75) is 12.5 Å². The maximum Gasteiger partial charge on any atom is 0.0641 e. The van der Waals surface area contributed by atoms with Crippen molar-refractivity contribution in [3.05, 3.63) is 36.0 Å². The first-order chi connectivity index (χ1) is 9.40. The fraction of sp³-hybridized carbons (Fsp3) is 0.400. The van der Waals surface area contributed by atoms with Crippen LogP contribution in [0.5, 0.6) is 0 Å². The van der Waals surface area contributed by atoms with Crippen molar-refractivity contribution in [3.63, 3.8) is 0 Å². The van der Waals surface area contributed by atoms with E-state index in [2.05, 4.69) is 45.5 Å². The second-order valence-electron chi connectivity index (χ2n) is 4.95. The summed E-state index contributed by atoms with van der Waals surface area (Å²) in [5.41, 5.74) is 2.41. The largest absolute Gasteiger partial charge is 0.361 e. The fourth-order valence-electron chi connectivity index (χ4n) is 2.92. The van der Waals surface area contributed by atoms with Gasteiger partial charge in [0.2, 0.25) is 0 Å². The van der Waals surface area contributed by atoms with Crippen molar-refractivity contribution in [1.29, 1.82) is 5.26 Å². The Morgan fingerprint density at radius 2 is 2.11 bits per heavy atom. The molecule has 1 aliphatic rings. The van der Waals surface area contributed by atoms with Gasteiger partial charge in [0.05, 0.1) is 12.5 Å². The van der Waals surface area contributed by atoms with Gasteiger partial charge < -0.3 is 10.3 Å². The Balaban J connectivity index is 1.99. The first-order valence-electron chi connectivity index (χ1n) is 6.78. The van der Waals surface area contributed by atoms with Gasteiger partial charge in [0, 0.05) is 49.3 Å². The number of aromatic nitrogens is 1. The summed E-state index contributed by atoms with van der Waals surface area (Å²) in [7, 11) is 0. The van der Waals surface area contributed by atoms with Crippen LogP contribution in [0.1, 0.15) is 18.0 Å². The normalized spacial score (nSPS) is 18.3. The minimum absolute atomic E-state index is 0.201. The average Bonchev–Trinajstić information content (AvgIpc) is 2.94. The quantitative estimate of drug-likeness (QED) is 0.881. The molecular weight excluding hydrogens is 236 g/mol. The van der Waals surface area contributed by atoms with E-state index in [0.29, 0.717) is 6.42 Å². The molecule has 0 saturated carbocycles. The minimum atomic E-state index is 0.201. The SMILES string of the molecule is N#CC[C@@H](c1cccc2[nH]ccc12)N1CCNCC1. The summed E-state index contributed by atoms with van der Waals surface area (Å²) in [4.78, 5) is 5.66. The zero-order chi connectivity index (χ0) is 13.1. The zero-order valence-electron chi connectivity index (χ0n) is 10.9. The highest BCUT2D eigenvalue weighted by molar-refractivity contribution is 5.83. The topological polar surface area (TPSA) is 54.9 Å². The number of hydrogen-bond donors (Lipinski definition) is 2. The van der Waals surface area contributed by atoms with Crippen molar-refractivity contribution in [1.82, 2.24) is 15.2 Å². The number of fused-ring (bicyclic) bond motifs is 1. The van der Waals surface area contributed by atoms with Gasteiger partial charge in [0.15, 0.2) is 0 Å². The molecule has 4 heteroatoms. The van der Waals surface area contributed by atoms with Gasteiger partial charge in [-0.2, -0.15) is 5.26 Å². The number of nitrogens with zero attached hydrogens (tertiary/aromatic N) is 2. The molecule has 1 fully saturated rings. The van der Waals surface area contributed by atoms with Crippen molar-refractivity contribution >= 4 is 10.9 Å². The van der Waals surface area contributed by atoms with Crippen molar-refractivity contribution in [2.24, 2.45) is 0 Å². The number of piperazine rings is 1. The number of rotatable bonds is 3. The minimum Gasteiger partial charge on any atom is -0.361 e. The summed E-state index contributed by atoms with van der Waals surface area (Å²) in [6.45, 7) is 4.02. The van der Waals surface area contributed by atoms with Gasteiger partial charge in [-0.25, -0.2) is 0 Å². The molecule has 2 aromatic rings. The lowest BCUT2D eigenvalue weighted by Gasteiger charge is -2.34. The molecule has 1 aliphatic heterocycles. The molecule has 0 amide bonds. The van der Waals surface area contributed by atoms with Crippen LogP contribution in [0.15, 0.2) is 30.5 Å². The van der Waals surface area contributed by atoms with Crippen LogP contribution in [0, 0.1) is 11.3 Å². The average molecular weight is 254 g/mol. The molecule has 0 unspecified atom stereocenters. The van der Waals surface area contributed by atoms with E-state index in [1.807, 2.05) is 6.20 Å². The maximum atomic E-state index is 9.15. The van der Waals surface area contributed by atoms with Gasteiger partial charge in [0.1, 0.15) is 0 Å². The molecule has 98 valence electrons. The number of nitriles is 1.